The number of hydrogen-bond acceptors (Lipinski definition) is 3. The maximum Gasteiger partial charge on any atom is 0.0707 e. The summed E-state index contributed by atoms with van der Waals surface area (Å²) in [4.78, 5) is 2.64. The van der Waals surface area contributed by atoms with Gasteiger partial charge in [0, 0.05) is 19.1 Å². The van der Waals surface area contributed by atoms with Crippen molar-refractivity contribution in [2.75, 3.05) is 26.2 Å². The zero-order valence-corrected chi connectivity index (χ0v) is 11.5. The molecule has 100 valence electrons. The van der Waals surface area contributed by atoms with Crippen LogP contribution in [-0.2, 0) is 4.74 Å². The number of ether oxygens (including phenoxy) is 1. The van der Waals surface area contributed by atoms with E-state index in [0.717, 1.165) is 12.6 Å². The SMILES string of the molecule is CCCNCCCC(C)N1CC2CCC(C1)O2. The van der Waals surface area contributed by atoms with Gasteiger partial charge in [0.2, 0.25) is 0 Å². The molecular formula is C14H28N2O. The molecule has 2 saturated heterocycles. The Morgan fingerprint density at radius 3 is 2.59 bits per heavy atom. The minimum Gasteiger partial charge on any atom is -0.372 e. The fourth-order valence-electron chi connectivity index (χ4n) is 3.01. The van der Waals surface area contributed by atoms with Crippen LogP contribution in [0.4, 0.5) is 0 Å². The molecule has 0 spiro atoms. The molecule has 3 nitrogen and oxygen atoms in total. The van der Waals surface area contributed by atoms with Crippen molar-refractivity contribution in [3.05, 3.63) is 0 Å². The van der Waals surface area contributed by atoms with Gasteiger partial charge in [-0.2, -0.15) is 0 Å². The van der Waals surface area contributed by atoms with E-state index in [4.69, 9.17) is 4.74 Å². The molecule has 2 heterocycles. The van der Waals surface area contributed by atoms with Gasteiger partial charge in [-0.05, 0) is 52.1 Å². The summed E-state index contributed by atoms with van der Waals surface area (Å²) in [6.45, 7) is 9.27. The van der Waals surface area contributed by atoms with Gasteiger partial charge in [0.05, 0.1) is 12.2 Å². The first-order valence-corrected chi connectivity index (χ1v) is 7.39. The maximum absolute atomic E-state index is 5.88. The molecule has 2 bridgehead atoms. The minimum absolute atomic E-state index is 0.536. The van der Waals surface area contributed by atoms with Gasteiger partial charge < -0.3 is 10.1 Å². The smallest absolute Gasteiger partial charge is 0.0707 e. The lowest BCUT2D eigenvalue weighted by Gasteiger charge is -2.36. The summed E-state index contributed by atoms with van der Waals surface area (Å²) in [7, 11) is 0. The molecule has 2 fully saturated rings. The summed E-state index contributed by atoms with van der Waals surface area (Å²) < 4.78 is 5.88. The highest BCUT2D eigenvalue weighted by Gasteiger charge is 2.35. The molecule has 0 amide bonds. The Morgan fingerprint density at radius 1 is 1.24 bits per heavy atom. The molecule has 17 heavy (non-hydrogen) atoms. The highest BCUT2D eigenvalue weighted by Crippen LogP contribution is 2.27. The number of likely N-dealkylation sites (tertiary alicyclic amines) is 1. The third-order valence-electron chi connectivity index (χ3n) is 4.10. The van der Waals surface area contributed by atoms with Crippen molar-refractivity contribution >= 4 is 0 Å². The van der Waals surface area contributed by atoms with E-state index in [2.05, 4.69) is 24.1 Å². The van der Waals surface area contributed by atoms with Crippen molar-refractivity contribution in [3.63, 3.8) is 0 Å². The normalized spacial score (nSPS) is 30.7. The number of rotatable bonds is 7. The number of hydrogen-bond donors (Lipinski definition) is 1. The lowest BCUT2D eigenvalue weighted by Crippen LogP contribution is -2.47. The first-order valence-electron chi connectivity index (χ1n) is 7.39. The maximum atomic E-state index is 5.88. The van der Waals surface area contributed by atoms with E-state index in [-0.39, 0.29) is 0 Å². The molecule has 3 heteroatoms. The quantitative estimate of drug-likeness (QED) is 0.689. The molecule has 1 N–H and O–H groups in total. The standard InChI is InChI=1S/C14H28N2O/c1-3-8-15-9-4-5-12(2)16-10-13-6-7-14(11-16)17-13/h12-15H,3-11H2,1-2H3. The van der Waals surface area contributed by atoms with Crippen LogP contribution >= 0.6 is 0 Å². The van der Waals surface area contributed by atoms with Gasteiger partial charge in [-0.3, -0.25) is 4.90 Å². The summed E-state index contributed by atoms with van der Waals surface area (Å²) >= 11 is 0. The zero-order chi connectivity index (χ0) is 12.1. The fourth-order valence-corrected chi connectivity index (χ4v) is 3.01. The summed E-state index contributed by atoms with van der Waals surface area (Å²) in [5.74, 6) is 0. The Balaban J connectivity index is 1.61. The Morgan fingerprint density at radius 2 is 1.94 bits per heavy atom. The average Bonchev–Trinajstić information content (AvgIpc) is 2.67. The molecule has 0 radical (unpaired) electrons. The molecule has 0 saturated carbocycles. The summed E-state index contributed by atoms with van der Waals surface area (Å²) in [6.07, 6.45) is 7.49. The molecule has 0 aliphatic carbocycles. The van der Waals surface area contributed by atoms with Crippen LogP contribution in [0.25, 0.3) is 0 Å². The number of morpholine rings is 1. The van der Waals surface area contributed by atoms with Gasteiger partial charge in [-0.15, -0.1) is 0 Å². The second-order valence-electron chi connectivity index (χ2n) is 5.65. The highest BCUT2D eigenvalue weighted by molar-refractivity contribution is 4.86. The van der Waals surface area contributed by atoms with E-state index >= 15 is 0 Å². The van der Waals surface area contributed by atoms with Crippen molar-refractivity contribution in [1.29, 1.82) is 0 Å². The van der Waals surface area contributed by atoms with E-state index < -0.39 is 0 Å². The van der Waals surface area contributed by atoms with Crippen LogP contribution in [-0.4, -0.2) is 49.3 Å². The monoisotopic (exact) mass is 240 g/mol. The molecule has 3 unspecified atom stereocenters. The molecule has 0 aromatic heterocycles. The minimum atomic E-state index is 0.536. The van der Waals surface area contributed by atoms with Gasteiger partial charge in [0.15, 0.2) is 0 Å². The Bertz CT molecular complexity index is 210. The van der Waals surface area contributed by atoms with Gasteiger partial charge in [0.25, 0.3) is 0 Å². The highest BCUT2D eigenvalue weighted by atomic mass is 16.5. The predicted octanol–water partition coefficient (Wildman–Crippen LogP) is 2.02. The first-order chi connectivity index (χ1) is 8.29. The van der Waals surface area contributed by atoms with Crippen molar-refractivity contribution in [1.82, 2.24) is 10.2 Å². The second kappa shape index (κ2) is 6.72. The van der Waals surface area contributed by atoms with E-state index in [9.17, 15) is 0 Å². The third-order valence-corrected chi connectivity index (χ3v) is 4.10. The molecule has 0 aromatic carbocycles. The average molecular weight is 240 g/mol. The lowest BCUT2D eigenvalue weighted by molar-refractivity contribution is -0.0514. The predicted molar refractivity (Wildman–Crippen MR) is 71.3 cm³/mol. The van der Waals surface area contributed by atoms with Gasteiger partial charge in [-0.25, -0.2) is 0 Å². The Hall–Kier alpha value is -0.120. The largest absolute Gasteiger partial charge is 0.372 e. The van der Waals surface area contributed by atoms with Gasteiger partial charge >= 0.3 is 0 Å². The first kappa shape index (κ1) is 13.3. The van der Waals surface area contributed by atoms with Crippen LogP contribution < -0.4 is 5.32 Å². The number of fused-ring (bicyclic) bond motifs is 2. The van der Waals surface area contributed by atoms with E-state index in [0.29, 0.717) is 12.2 Å². The van der Waals surface area contributed by atoms with Crippen molar-refractivity contribution < 1.29 is 4.74 Å². The Kier molecular flexibility index (Phi) is 5.26. The topological polar surface area (TPSA) is 24.5 Å². The molecule has 2 aliphatic rings. The summed E-state index contributed by atoms with van der Waals surface area (Å²) in [5, 5.41) is 3.48. The summed E-state index contributed by atoms with van der Waals surface area (Å²) in [5.41, 5.74) is 0. The van der Waals surface area contributed by atoms with Gasteiger partial charge in [-0.1, -0.05) is 6.92 Å². The van der Waals surface area contributed by atoms with Crippen molar-refractivity contribution in [2.45, 2.75) is 64.2 Å². The van der Waals surface area contributed by atoms with Crippen LogP contribution in [0, 0.1) is 0 Å². The molecule has 0 aromatic rings. The van der Waals surface area contributed by atoms with Crippen LogP contribution in [0.3, 0.4) is 0 Å². The van der Waals surface area contributed by atoms with E-state index in [1.54, 1.807) is 0 Å². The number of nitrogens with one attached hydrogen (secondary N) is 1. The van der Waals surface area contributed by atoms with Crippen LogP contribution in [0.5, 0.6) is 0 Å². The van der Waals surface area contributed by atoms with Crippen LogP contribution in [0.1, 0.15) is 46.0 Å². The lowest BCUT2D eigenvalue weighted by atomic mass is 10.1. The molecule has 3 atom stereocenters. The van der Waals surface area contributed by atoms with E-state index in [1.807, 2.05) is 0 Å². The number of nitrogens with zero attached hydrogens (tertiary/aromatic N) is 1. The summed E-state index contributed by atoms with van der Waals surface area (Å²) in [6, 6.07) is 0.727. The second-order valence-corrected chi connectivity index (χ2v) is 5.65. The fraction of sp³-hybridized carbons (Fsp3) is 1.00. The van der Waals surface area contributed by atoms with Crippen LogP contribution in [0.15, 0.2) is 0 Å². The van der Waals surface area contributed by atoms with Crippen molar-refractivity contribution in [3.8, 4) is 0 Å². The molecule has 2 aliphatic heterocycles. The molecule has 2 rings (SSSR count). The van der Waals surface area contributed by atoms with Crippen LogP contribution in [0.2, 0.25) is 0 Å². The van der Waals surface area contributed by atoms with Gasteiger partial charge in [0.1, 0.15) is 0 Å². The van der Waals surface area contributed by atoms with Crippen molar-refractivity contribution in [2.24, 2.45) is 0 Å². The molecular weight excluding hydrogens is 212 g/mol. The zero-order valence-electron chi connectivity index (χ0n) is 11.5. The Labute approximate surface area is 106 Å². The third kappa shape index (κ3) is 3.94. The van der Waals surface area contributed by atoms with E-state index in [1.165, 1.54) is 51.7 Å².